The molecule has 1 aromatic carbocycles. The van der Waals surface area contributed by atoms with Gasteiger partial charge in [0.15, 0.2) is 0 Å². The fourth-order valence-corrected chi connectivity index (χ4v) is 2.45. The summed E-state index contributed by atoms with van der Waals surface area (Å²) >= 11 is 0. The molecule has 104 valence electrons. The van der Waals surface area contributed by atoms with E-state index in [2.05, 4.69) is 10.6 Å². The van der Waals surface area contributed by atoms with Gasteiger partial charge in [-0.15, -0.1) is 0 Å². The molecule has 0 spiro atoms. The lowest BCUT2D eigenvalue weighted by Gasteiger charge is -2.25. The molecule has 0 aromatic heterocycles. The van der Waals surface area contributed by atoms with Gasteiger partial charge in [0.1, 0.15) is 0 Å². The number of rotatable bonds is 4. The lowest BCUT2D eigenvalue weighted by molar-refractivity contribution is -0.124. The maximum Gasteiger partial charge on any atom is 0.225 e. The van der Waals surface area contributed by atoms with Gasteiger partial charge in [0, 0.05) is 41.1 Å². The molecule has 5 heteroatoms. The first-order valence-corrected chi connectivity index (χ1v) is 8.11. The zero-order valence-electron chi connectivity index (χ0n) is 11.3. The van der Waals surface area contributed by atoms with Crippen molar-refractivity contribution in [2.75, 3.05) is 24.7 Å². The second-order valence-corrected chi connectivity index (χ2v) is 6.80. The molecule has 0 fully saturated rings. The highest BCUT2D eigenvalue weighted by atomic mass is 32.2. The molecule has 1 aromatic rings. The van der Waals surface area contributed by atoms with E-state index in [0.717, 1.165) is 12.1 Å². The van der Waals surface area contributed by atoms with Crippen LogP contribution in [-0.4, -0.2) is 34.7 Å². The van der Waals surface area contributed by atoms with Crippen molar-refractivity contribution in [2.45, 2.75) is 18.6 Å². The summed E-state index contributed by atoms with van der Waals surface area (Å²) in [5.74, 6) is -0.00769. The monoisotopic (exact) mass is 280 g/mol. The Morgan fingerprint density at radius 1 is 1.53 bits per heavy atom. The van der Waals surface area contributed by atoms with Crippen LogP contribution in [0.15, 0.2) is 24.3 Å². The SMILES string of the molecule is CC(CNC(=O)C1CNc2ccccc2C1)S(C)=O. The summed E-state index contributed by atoms with van der Waals surface area (Å²) in [6.45, 7) is 3.01. The average molecular weight is 280 g/mol. The number of carbonyl (C=O) groups is 1. The molecule has 2 rings (SSSR count). The Morgan fingerprint density at radius 3 is 3.00 bits per heavy atom. The second kappa shape index (κ2) is 6.19. The molecule has 0 saturated heterocycles. The highest BCUT2D eigenvalue weighted by Gasteiger charge is 2.24. The summed E-state index contributed by atoms with van der Waals surface area (Å²) in [6.07, 6.45) is 2.42. The van der Waals surface area contributed by atoms with Gasteiger partial charge in [0.2, 0.25) is 5.91 Å². The van der Waals surface area contributed by atoms with Gasteiger partial charge in [0.25, 0.3) is 0 Å². The maximum atomic E-state index is 12.1. The van der Waals surface area contributed by atoms with Crippen LogP contribution in [0.25, 0.3) is 0 Å². The molecule has 2 N–H and O–H groups in total. The molecule has 0 bridgehead atoms. The normalized spacial score (nSPS) is 20.8. The molecule has 19 heavy (non-hydrogen) atoms. The number of hydrogen-bond acceptors (Lipinski definition) is 3. The fourth-order valence-electron chi connectivity index (χ4n) is 2.13. The van der Waals surface area contributed by atoms with Gasteiger partial charge in [-0.1, -0.05) is 18.2 Å². The molecule has 0 radical (unpaired) electrons. The van der Waals surface area contributed by atoms with Crippen LogP contribution in [0.3, 0.4) is 0 Å². The van der Waals surface area contributed by atoms with Crippen LogP contribution >= 0.6 is 0 Å². The van der Waals surface area contributed by atoms with Gasteiger partial charge in [0.05, 0.1) is 5.92 Å². The predicted octanol–water partition coefficient (Wildman–Crippen LogP) is 1.15. The van der Waals surface area contributed by atoms with E-state index in [1.807, 2.05) is 31.2 Å². The average Bonchev–Trinajstić information content (AvgIpc) is 2.43. The molecule has 1 heterocycles. The van der Waals surface area contributed by atoms with Crippen molar-refractivity contribution in [2.24, 2.45) is 5.92 Å². The summed E-state index contributed by atoms with van der Waals surface area (Å²) in [7, 11) is -0.898. The summed E-state index contributed by atoms with van der Waals surface area (Å²) < 4.78 is 11.2. The number of benzene rings is 1. The molecular weight excluding hydrogens is 260 g/mol. The third-order valence-electron chi connectivity index (χ3n) is 3.52. The predicted molar refractivity (Wildman–Crippen MR) is 78.7 cm³/mol. The number of fused-ring (bicyclic) bond motifs is 1. The minimum atomic E-state index is -0.898. The third kappa shape index (κ3) is 3.56. The Morgan fingerprint density at radius 2 is 2.26 bits per heavy atom. The van der Waals surface area contributed by atoms with E-state index in [0.29, 0.717) is 13.1 Å². The molecule has 1 aliphatic rings. The molecular formula is C14H20N2O2S. The van der Waals surface area contributed by atoms with Gasteiger partial charge in [-0.3, -0.25) is 9.00 Å². The molecule has 3 unspecified atom stereocenters. The third-order valence-corrected chi connectivity index (χ3v) is 4.82. The first-order valence-electron chi connectivity index (χ1n) is 6.49. The highest BCUT2D eigenvalue weighted by Crippen LogP contribution is 2.24. The number of hydrogen-bond donors (Lipinski definition) is 2. The lowest BCUT2D eigenvalue weighted by atomic mass is 9.93. The summed E-state index contributed by atoms with van der Waals surface area (Å²) in [4.78, 5) is 12.1. The van der Waals surface area contributed by atoms with E-state index < -0.39 is 10.8 Å². The van der Waals surface area contributed by atoms with Crippen LogP contribution in [0, 0.1) is 5.92 Å². The van der Waals surface area contributed by atoms with Crippen molar-refractivity contribution in [3.63, 3.8) is 0 Å². The van der Waals surface area contributed by atoms with E-state index in [-0.39, 0.29) is 17.1 Å². The van der Waals surface area contributed by atoms with Crippen LogP contribution in [0.2, 0.25) is 0 Å². The van der Waals surface area contributed by atoms with E-state index >= 15 is 0 Å². The molecule has 1 amide bonds. The molecule has 0 saturated carbocycles. The Kier molecular flexibility index (Phi) is 4.58. The minimum absolute atomic E-state index is 0.00668. The van der Waals surface area contributed by atoms with Crippen molar-refractivity contribution in [3.8, 4) is 0 Å². The van der Waals surface area contributed by atoms with Gasteiger partial charge in [-0.2, -0.15) is 0 Å². The van der Waals surface area contributed by atoms with Gasteiger partial charge in [-0.25, -0.2) is 0 Å². The first kappa shape index (κ1) is 14.1. The van der Waals surface area contributed by atoms with Crippen molar-refractivity contribution >= 4 is 22.4 Å². The van der Waals surface area contributed by atoms with E-state index in [1.165, 1.54) is 5.56 Å². The smallest absolute Gasteiger partial charge is 0.225 e. The molecule has 3 atom stereocenters. The first-order chi connectivity index (χ1) is 9.08. The maximum absolute atomic E-state index is 12.1. The largest absolute Gasteiger partial charge is 0.384 e. The standard InChI is InChI=1S/C14H20N2O2S/c1-10(19(2)18)8-16-14(17)12-7-11-5-3-4-6-13(11)15-9-12/h3-6,10,12,15H,7-9H2,1-2H3,(H,16,17). The zero-order chi connectivity index (χ0) is 13.8. The number of amides is 1. The fraction of sp³-hybridized carbons (Fsp3) is 0.500. The van der Waals surface area contributed by atoms with E-state index in [4.69, 9.17) is 0 Å². The highest BCUT2D eigenvalue weighted by molar-refractivity contribution is 7.84. The number of nitrogens with one attached hydrogen (secondary N) is 2. The van der Waals surface area contributed by atoms with Gasteiger partial charge >= 0.3 is 0 Å². The van der Waals surface area contributed by atoms with E-state index in [9.17, 15) is 9.00 Å². The Labute approximate surface area is 116 Å². The summed E-state index contributed by atoms with van der Waals surface area (Å²) in [5.41, 5.74) is 2.30. The van der Waals surface area contributed by atoms with Crippen LogP contribution < -0.4 is 10.6 Å². The number of anilines is 1. The Balaban J connectivity index is 1.90. The van der Waals surface area contributed by atoms with Crippen LogP contribution in [0.1, 0.15) is 12.5 Å². The van der Waals surface area contributed by atoms with Crippen molar-refractivity contribution in [3.05, 3.63) is 29.8 Å². The van der Waals surface area contributed by atoms with Crippen molar-refractivity contribution in [1.82, 2.24) is 5.32 Å². The van der Waals surface area contributed by atoms with Crippen LogP contribution in [0.4, 0.5) is 5.69 Å². The molecule has 1 aliphatic heterocycles. The van der Waals surface area contributed by atoms with Crippen LogP contribution in [0.5, 0.6) is 0 Å². The van der Waals surface area contributed by atoms with Crippen molar-refractivity contribution in [1.29, 1.82) is 0 Å². The van der Waals surface area contributed by atoms with Gasteiger partial charge in [-0.05, 0) is 25.0 Å². The minimum Gasteiger partial charge on any atom is -0.384 e. The summed E-state index contributed by atoms with van der Waals surface area (Å²) in [5, 5.41) is 6.17. The van der Waals surface area contributed by atoms with Gasteiger partial charge < -0.3 is 10.6 Å². The summed E-state index contributed by atoms with van der Waals surface area (Å²) in [6, 6.07) is 8.06. The van der Waals surface area contributed by atoms with Crippen molar-refractivity contribution < 1.29 is 9.00 Å². The van der Waals surface area contributed by atoms with Crippen LogP contribution in [-0.2, 0) is 22.0 Å². The molecule has 0 aliphatic carbocycles. The topological polar surface area (TPSA) is 58.2 Å². The number of para-hydroxylation sites is 1. The second-order valence-electron chi connectivity index (χ2n) is 4.99. The molecule has 4 nitrogen and oxygen atoms in total. The Hall–Kier alpha value is -1.36. The zero-order valence-corrected chi connectivity index (χ0v) is 12.1. The lowest BCUT2D eigenvalue weighted by Crippen LogP contribution is -2.41. The number of carbonyl (C=O) groups excluding carboxylic acids is 1. The quantitative estimate of drug-likeness (QED) is 0.870. The van der Waals surface area contributed by atoms with E-state index in [1.54, 1.807) is 6.26 Å². The Bertz CT molecular complexity index is 490.